The first kappa shape index (κ1) is 7.19. The lowest BCUT2D eigenvalue weighted by molar-refractivity contribution is 0.846. The highest BCUT2D eigenvalue weighted by Crippen LogP contribution is 2.06. The van der Waals surface area contributed by atoms with Gasteiger partial charge in [0.05, 0.1) is 0 Å². The fourth-order valence-corrected chi connectivity index (χ4v) is 0.907. The van der Waals surface area contributed by atoms with Gasteiger partial charge < -0.3 is 9.88 Å². The first-order valence-corrected chi connectivity index (χ1v) is 3.58. The summed E-state index contributed by atoms with van der Waals surface area (Å²) in [6.45, 7) is 4.26. The van der Waals surface area contributed by atoms with E-state index in [1.165, 1.54) is 5.82 Å². The van der Waals surface area contributed by atoms with E-state index in [-0.39, 0.29) is 0 Å². The molecule has 10 heavy (non-hydrogen) atoms. The van der Waals surface area contributed by atoms with E-state index >= 15 is 0 Å². The zero-order valence-corrected chi connectivity index (χ0v) is 6.76. The third kappa shape index (κ3) is 1.53. The van der Waals surface area contributed by atoms with Gasteiger partial charge in [-0.3, -0.25) is 0 Å². The smallest absolute Gasteiger partial charge is 0.105 e. The summed E-state index contributed by atoms with van der Waals surface area (Å²) >= 11 is 0. The lowest BCUT2D eigenvalue weighted by atomic mass is 10.4. The molecule has 0 saturated carbocycles. The van der Waals surface area contributed by atoms with Gasteiger partial charge in [-0.1, -0.05) is 0 Å². The van der Waals surface area contributed by atoms with Crippen LogP contribution in [0.25, 0.3) is 0 Å². The van der Waals surface area contributed by atoms with Crippen LogP contribution in [0.2, 0.25) is 0 Å². The van der Waals surface area contributed by atoms with Crippen LogP contribution in [0.15, 0.2) is 18.3 Å². The Hall–Kier alpha value is -0.920. The summed E-state index contributed by atoms with van der Waals surface area (Å²) in [6.07, 6.45) is 2.03. The SMILES string of the molecule is CC(C)Nc1cccn1C. The Morgan fingerprint density at radius 1 is 1.50 bits per heavy atom. The maximum Gasteiger partial charge on any atom is 0.105 e. The van der Waals surface area contributed by atoms with Crippen molar-refractivity contribution in [2.45, 2.75) is 19.9 Å². The standard InChI is InChI=1S/C8H14N2/c1-7(2)9-8-5-4-6-10(8)3/h4-7,9H,1-3H3. The maximum atomic E-state index is 3.32. The predicted octanol–water partition coefficient (Wildman–Crippen LogP) is 1.85. The van der Waals surface area contributed by atoms with Crippen LogP contribution in [0.3, 0.4) is 0 Å². The molecule has 1 aromatic rings. The molecular weight excluding hydrogens is 124 g/mol. The monoisotopic (exact) mass is 138 g/mol. The summed E-state index contributed by atoms with van der Waals surface area (Å²) in [4.78, 5) is 0. The molecule has 0 unspecified atom stereocenters. The molecule has 2 heteroatoms. The Kier molecular flexibility index (Phi) is 2.00. The lowest BCUT2D eigenvalue weighted by Gasteiger charge is -2.09. The van der Waals surface area contributed by atoms with Crippen molar-refractivity contribution in [3.63, 3.8) is 0 Å². The van der Waals surface area contributed by atoms with E-state index in [2.05, 4.69) is 29.8 Å². The molecule has 0 bridgehead atoms. The van der Waals surface area contributed by atoms with E-state index in [1.54, 1.807) is 0 Å². The number of anilines is 1. The van der Waals surface area contributed by atoms with E-state index in [9.17, 15) is 0 Å². The summed E-state index contributed by atoms with van der Waals surface area (Å²) in [5.41, 5.74) is 0. The fourth-order valence-electron chi connectivity index (χ4n) is 0.907. The summed E-state index contributed by atoms with van der Waals surface area (Å²) in [7, 11) is 2.03. The Bertz CT molecular complexity index is 201. The molecule has 0 fully saturated rings. The zero-order chi connectivity index (χ0) is 7.56. The van der Waals surface area contributed by atoms with Gasteiger partial charge in [-0.25, -0.2) is 0 Å². The van der Waals surface area contributed by atoms with Crippen molar-refractivity contribution in [1.29, 1.82) is 0 Å². The summed E-state index contributed by atoms with van der Waals surface area (Å²) in [5.74, 6) is 1.18. The van der Waals surface area contributed by atoms with Crippen LogP contribution in [0, 0.1) is 0 Å². The second kappa shape index (κ2) is 2.78. The van der Waals surface area contributed by atoms with Crippen molar-refractivity contribution in [3.05, 3.63) is 18.3 Å². The molecule has 0 aliphatic carbocycles. The van der Waals surface area contributed by atoms with Crippen LogP contribution in [-0.4, -0.2) is 10.6 Å². The number of hydrogen-bond donors (Lipinski definition) is 1. The zero-order valence-electron chi connectivity index (χ0n) is 6.76. The van der Waals surface area contributed by atoms with Crippen LogP contribution in [0.5, 0.6) is 0 Å². The Morgan fingerprint density at radius 2 is 2.20 bits per heavy atom. The second-order valence-electron chi connectivity index (χ2n) is 2.80. The van der Waals surface area contributed by atoms with Gasteiger partial charge in [0.25, 0.3) is 0 Å². The number of aromatic nitrogens is 1. The van der Waals surface area contributed by atoms with Gasteiger partial charge in [-0.2, -0.15) is 0 Å². The van der Waals surface area contributed by atoms with Crippen molar-refractivity contribution < 1.29 is 0 Å². The largest absolute Gasteiger partial charge is 0.369 e. The minimum Gasteiger partial charge on any atom is -0.369 e. The number of rotatable bonds is 2. The van der Waals surface area contributed by atoms with Gasteiger partial charge in [0, 0.05) is 19.3 Å². The van der Waals surface area contributed by atoms with Crippen LogP contribution in [0.1, 0.15) is 13.8 Å². The summed E-state index contributed by atoms with van der Waals surface area (Å²) in [6, 6.07) is 4.61. The number of hydrogen-bond acceptors (Lipinski definition) is 1. The van der Waals surface area contributed by atoms with Gasteiger partial charge in [-0.15, -0.1) is 0 Å². The molecule has 2 nitrogen and oxygen atoms in total. The van der Waals surface area contributed by atoms with Crippen molar-refractivity contribution in [1.82, 2.24) is 4.57 Å². The van der Waals surface area contributed by atoms with Crippen LogP contribution in [-0.2, 0) is 7.05 Å². The highest BCUT2D eigenvalue weighted by Gasteiger charge is 1.96. The van der Waals surface area contributed by atoms with Gasteiger partial charge >= 0.3 is 0 Å². The Labute approximate surface area is 61.9 Å². The first-order valence-electron chi connectivity index (χ1n) is 3.58. The Morgan fingerprint density at radius 3 is 2.60 bits per heavy atom. The highest BCUT2D eigenvalue weighted by molar-refractivity contribution is 5.36. The highest BCUT2D eigenvalue weighted by atomic mass is 15.1. The molecule has 1 N–H and O–H groups in total. The fraction of sp³-hybridized carbons (Fsp3) is 0.500. The van der Waals surface area contributed by atoms with Crippen LogP contribution < -0.4 is 5.32 Å². The third-order valence-corrected chi connectivity index (χ3v) is 1.38. The number of aryl methyl sites for hydroxylation is 1. The molecule has 0 amide bonds. The van der Waals surface area contributed by atoms with Gasteiger partial charge in [0.15, 0.2) is 0 Å². The molecule has 1 heterocycles. The topological polar surface area (TPSA) is 17.0 Å². The van der Waals surface area contributed by atoms with Gasteiger partial charge in [-0.05, 0) is 26.0 Å². The molecule has 1 aromatic heterocycles. The molecule has 0 aromatic carbocycles. The average Bonchev–Trinajstić information content (AvgIpc) is 2.15. The Balaban J connectivity index is 2.65. The molecule has 0 saturated heterocycles. The summed E-state index contributed by atoms with van der Waals surface area (Å²) in [5, 5.41) is 3.32. The van der Waals surface area contributed by atoms with E-state index < -0.39 is 0 Å². The normalized spacial score (nSPS) is 10.4. The van der Waals surface area contributed by atoms with Crippen molar-refractivity contribution in [2.24, 2.45) is 7.05 Å². The molecule has 0 atom stereocenters. The first-order chi connectivity index (χ1) is 4.70. The number of nitrogens with zero attached hydrogens (tertiary/aromatic N) is 1. The molecule has 0 radical (unpaired) electrons. The number of nitrogens with one attached hydrogen (secondary N) is 1. The molecular formula is C8H14N2. The average molecular weight is 138 g/mol. The van der Waals surface area contributed by atoms with Crippen molar-refractivity contribution >= 4 is 5.82 Å². The van der Waals surface area contributed by atoms with E-state index in [0.717, 1.165) is 0 Å². The molecule has 0 aliphatic rings. The van der Waals surface area contributed by atoms with Gasteiger partial charge in [0.1, 0.15) is 5.82 Å². The van der Waals surface area contributed by atoms with Crippen molar-refractivity contribution in [2.75, 3.05) is 5.32 Å². The quantitative estimate of drug-likeness (QED) is 0.660. The predicted molar refractivity (Wildman–Crippen MR) is 44.2 cm³/mol. The van der Waals surface area contributed by atoms with Crippen LogP contribution in [0.4, 0.5) is 5.82 Å². The minimum atomic E-state index is 0.508. The van der Waals surface area contributed by atoms with Crippen LogP contribution >= 0.6 is 0 Å². The molecule has 56 valence electrons. The third-order valence-electron chi connectivity index (χ3n) is 1.38. The van der Waals surface area contributed by atoms with Gasteiger partial charge in [0.2, 0.25) is 0 Å². The maximum absolute atomic E-state index is 3.32. The van der Waals surface area contributed by atoms with E-state index in [4.69, 9.17) is 0 Å². The lowest BCUT2D eigenvalue weighted by Crippen LogP contribution is -2.11. The molecule has 0 spiro atoms. The van der Waals surface area contributed by atoms with E-state index in [1.807, 2.05) is 19.3 Å². The van der Waals surface area contributed by atoms with E-state index in [0.29, 0.717) is 6.04 Å². The molecule has 1 rings (SSSR count). The second-order valence-corrected chi connectivity index (χ2v) is 2.80. The van der Waals surface area contributed by atoms with Crippen molar-refractivity contribution in [3.8, 4) is 0 Å². The minimum absolute atomic E-state index is 0.508. The molecule has 0 aliphatic heterocycles. The summed E-state index contributed by atoms with van der Waals surface area (Å²) < 4.78 is 2.07.